The van der Waals surface area contributed by atoms with Crippen molar-refractivity contribution in [3.8, 4) is 0 Å². The number of carboxylic acids is 1. The summed E-state index contributed by atoms with van der Waals surface area (Å²) in [5.41, 5.74) is -0.0351. The molecule has 1 N–H and O–H groups in total. The molecule has 9 nitrogen and oxygen atoms in total. The fourth-order valence-electron chi connectivity index (χ4n) is 1.89. The summed E-state index contributed by atoms with van der Waals surface area (Å²) in [7, 11) is 1.13. The van der Waals surface area contributed by atoms with Crippen molar-refractivity contribution in [2.75, 3.05) is 7.11 Å². The molecule has 0 unspecified atom stereocenters. The van der Waals surface area contributed by atoms with Crippen LogP contribution in [0, 0.1) is 10.1 Å². The van der Waals surface area contributed by atoms with E-state index in [9.17, 15) is 24.8 Å². The minimum Gasteiger partial charge on any atom is -0.476 e. The summed E-state index contributed by atoms with van der Waals surface area (Å²) >= 11 is 0. The molecule has 1 heterocycles. The molecule has 0 saturated heterocycles. The third-order valence-corrected chi connectivity index (χ3v) is 2.92. The number of rotatable bonds is 5. The van der Waals surface area contributed by atoms with E-state index in [2.05, 4.69) is 9.72 Å². The Morgan fingerprint density at radius 2 is 2.00 bits per heavy atom. The summed E-state index contributed by atoms with van der Waals surface area (Å²) < 4.78 is 5.74. The van der Waals surface area contributed by atoms with Crippen LogP contribution in [-0.2, 0) is 11.3 Å². The number of hydrogen-bond acceptors (Lipinski definition) is 6. The maximum absolute atomic E-state index is 11.5. The van der Waals surface area contributed by atoms with Gasteiger partial charge in [0.15, 0.2) is 11.4 Å². The van der Waals surface area contributed by atoms with Crippen LogP contribution in [-0.4, -0.2) is 38.6 Å². The van der Waals surface area contributed by atoms with Gasteiger partial charge in [-0.3, -0.25) is 10.1 Å². The quantitative estimate of drug-likeness (QED) is 0.501. The lowest BCUT2D eigenvalue weighted by Gasteiger charge is -2.06. The lowest BCUT2D eigenvalue weighted by Crippen LogP contribution is -2.14. The Morgan fingerprint density at radius 3 is 2.50 bits per heavy atom. The number of carbonyl (C=O) groups is 2. The summed E-state index contributed by atoms with van der Waals surface area (Å²) in [5, 5.41) is 19.8. The second-order valence-corrected chi connectivity index (χ2v) is 4.29. The molecule has 0 saturated carbocycles. The van der Waals surface area contributed by atoms with E-state index in [4.69, 9.17) is 0 Å². The average molecular weight is 305 g/mol. The zero-order valence-corrected chi connectivity index (χ0v) is 11.4. The first-order valence-corrected chi connectivity index (χ1v) is 6.04. The predicted molar refractivity (Wildman–Crippen MR) is 72.7 cm³/mol. The maximum atomic E-state index is 11.5. The molecule has 1 aromatic heterocycles. The topological polar surface area (TPSA) is 125 Å². The molecule has 0 radical (unpaired) electrons. The van der Waals surface area contributed by atoms with Gasteiger partial charge in [-0.25, -0.2) is 14.6 Å². The number of nitrogens with zero attached hydrogens (tertiary/aromatic N) is 3. The molecule has 0 fully saturated rings. The molecule has 2 rings (SSSR count). The van der Waals surface area contributed by atoms with Crippen LogP contribution in [0.3, 0.4) is 0 Å². The van der Waals surface area contributed by atoms with Crippen LogP contribution in [0.2, 0.25) is 0 Å². The lowest BCUT2D eigenvalue weighted by molar-refractivity contribution is -0.384. The molecule has 2 aromatic rings. The average Bonchev–Trinajstić information content (AvgIpc) is 2.90. The van der Waals surface area contributed by atoms with Gasteiger partial charge in [-0.15, -0.1) is 0 Å². The molecule has 9 heteroatoms. The molecule has 0 aliphatic carbocycles. The number of esters is 1. The number of nitro benzene ring substituents is 1. The minimum atomic E-state index is -1.32. The van der Waals surface area contributed by atoms with E-state index >= 15 is 0 Å². The van der Waals surface area contributed by atoms with Crippen LogP contribution >= 0.6 is 0 Å². The number of benzene rings is 1. The highest BCUT2D eigenvalue weighted by Crippen LogP contribution is 2.15. The third-order valence-electron chi connectivity index (χ3n) is 2.92. The first-order chi connectivity index (χ1) is 10.4. The van der Waals surface area contributed by atoms with E-state index in [1.54, 1.807) is 0 Å². The van der Waals surface area contributed by atoms with Crippen LogP contribution in [0.1, 0.15) is 26.5 Å². The molecule has 0 bridgehead atoms. The summed E-state index contributed by atoms with van der Waals surface area (Å²) in [6.07, 6.45) is 1.21. The fourth-order valence-corrected chi connectivity index (χ4v) is 1.89. The SMILES string of the molecule is COC(=O)c1ncn(Cc2ccc([N+](=O)[O-])cc2)c1C(=O)O. The van der Waals surface area contributed by atoms with Gasteiger partial charge >= 0.3 is 11.9 Å². The number of methoxy groups -OCH3 is 1. The Hall–Kier alpha value is -3.23. The molecule has 22 heavy (non-hydrogen) atoms. The Morgan fingerprint density at radius 1 is 1.36 bits per heavy atom. The van der Waals surface area contributed by atoms with Gasteiger partial charge in [-0.05, 0) is 5.56 Å². The van der Waals surface area contributed by atoms with E-state index in [-0.39, 0.29) is 23.6 Å². The molecule has 0 aliphatic heterocycles. The van der Waals surface area contributed by atoms with Crippen LogP contribution in [0.4, 0.5) is 5.69 Å². The van der Waals surface area contributed by atoms with Gasteiger partial charge in [-0.2, -0.15) is 0 Å². The van der Waals surface area contributed by atoms with Crippen molar-refractivity contribution in [2.45, 2.75) is 6.54 Å². The molecular weight excluding hydrogens is 294 g/mol. The lowest BCUT2D eigenvalue weighted by atomic mass is 10.2. The normalized spacial score (nSPS) is 10.2. The summed E-state index contributed by atoms with van der Waals surface area (Å²) in [6, 6.07) is 5.63. The van der Waals surface area contributed by atoms with Crippen molar-refractivity contribution in [3.63, 3.8) is 0 Å². The molecular formula is C13H11N3O6. The van der Waals surface area contributed by atoms with Crippen LogP contribution < -0.4 is 0 Å². The second kappa shape index (κ2) is 6.04. The van der Waals surface area contributed by atoms with Gasteiger partial charge < -0.3 is 14.4 Å². The smallest absolute Gasteiger partial charge is 0.359 e. The highest BCUT2D eigenvalue weighted by Gasteiger charge is 2.24. The number of non-ortho nitro benzene ring substituents is 1. The van der Waals surface area contributed by atoms with E-state index in [1.807, 2.05) is 0 Å². The van der Waals surface area contributed by atoms with Gasteiger partial charge in [-0.1, -0.05) is 12.1 Å². The number of hydrogen-bond donors (Lipinski definition) is 1. The van der Waals surface area contributed by atoms with Gasteiger partial charge in [0, 0.05) is 18.7 Å². The monoisotopic (exact) mass is 305 g/mol. The maximum Gasteiger partial charge on any atom is 0.359 e. The molecule has 0 spiro atoms. The van der Waals surface area contributed by atoms with Gasteiger partial charge in [0.2, 0.25) is 0 Å². The van der Waals surface area contributed by atoms with Crippen LogP contribution in [0.5, 0.6) is 0 Å². The number of aromatic carboxylic acids is 1. The molecule has 0 atom stereocenters. The van der Waals surface area contributed by atoms with Crippen molar-refractivity contribution in [1.29, 1.82) is 0 Å². The van der Waals surface area contributed by atoms with E-state index in [0.29, 0.717) is 5.56 Å². The highest BCUT2D eigenvalue weighted by molar-refractivity contribution is 5.99. The van der Waals surface area contributed by atoms with Crippen molar-refractivity contribution < 1.29 is 24.4 Å². The first-order valence-electron chi connectivity index (χ1n) is 6.04. The second-order valence-electron chi connectivity index (χ2n) is 4.29. The Kier molecular flexibility index (Phi) is 4.16. The summed E-state index contributed by atoms with van der Waals surface area (Å²) in [4.78, 5) is 36.6. The van der Waals surface area contributed by atoms with Gasteiger partial charge in [0.25, 0.3) is 5.69 Å². The molecule has 0 aliphatic rings. The van der Waals surface area contributed by atoms with Crippen LogP contribution in [0.25, 0.3) is 0 Å². The highest BCUT2D eigenvalue weighted by atomic mass is 16.6. The first kappa shape index (κ1) is 15.2. The Bertz CT molecular complexity index is 735. The number of ether oxygens (including phenoxy) is 1. The molecule has 114 valence electrons. The van der Waals surface area contributed by atoms with Gasteiger partial charge in [0.1, 0.15) is 0 Å². The Balaban J connectivity index is 2.33. The molecule has 0 amide bonds. The van der Waals surface area contributed by atoms with Crippen LogP contribution in [0.15, 0.2) is 30.6 Å². The number of aromatic nitrogens is 2. The minimum absolute atomic E-state index is 0.0666. The largest absolute Gasteiger partial charge is 0.476 e. The number of nitro groups is 1. The zero-order chi connectivity index (χ0) is 16.3. The number of imidazole rings is 1. The number of carboxylic acid groups (broad SMARTS) is 1. The van der Waals surface area contributed by atoms with E-state index in [1.165, 1.54) is 35.2 Å². The van der Waals surface area contributed by atoms with Crippen molar-refractivity contribution in [1.82, 2.24) is 9.55 Å². The van der Waals surface area contributed by atoms with Crippen molar-refractivity contribution in [3.05, 3.63) is 57.7 Å². The summed E-state index contributed by atoms with van der Waals surface area (Å²) in [6.45, 7) is 0.101. The standard InChI is InChI=1S/C13H11N3O6/c1-22-13(19)10-11(12(17)18)15(7-14-10)6-8-2-4-9(5-3-8)16(20)21/h2-5,7H,6H2,1H3,(H,17,18). The number of carbonyl (C=O) groups excluding carboxylic acids is 1. The van der Waals surface area contributed by atoms with Gasteiger partial charge in [0.05, 0.1) is 18.4 Å². The zero-order valence-electron chi connectivity index (χ0n) is 11.4. The van der Waals surface area contributed by atoms with E-state index in [0.717, 1.165) is 7.11 Å². The Labute approximate surface area is 123 Å². The van der Waals surface area contributed by atoms with Crippen molar-refractivity contribution >= 4 is 17.6 Å². The van der Waals surface area contributed by atoms with Crippen molar-refractivity contribution in [2.24, 2.45) is 0 Å². The summed E-state index contributed by atoms with van der Waals surface area (Å²) in [5.74, 6) is -2.17. The third kappa shape index (κ3) is 2.92. The molecule has 1 aromatic carbocycles. The predicted octanol–water partition coefficient (Wildman–Crippen LogP) is 1.32. The fraction of sp³-hybridized carbons (Fsp3) is 0.154. The van der Waals surface area contributed by atoms with E-state index < -0.39 is 16.9 Å².